The molecule has 0 amide bonds. The summed E-state index contributed by atoms with van der Waals surface area (Å²) >= 11 is 0. The van der Waals surface area contributed by atoms with Crippen LogP contribution >= 0.6 is 0 Å². The molecule has 1 aliphatic rings. The molecule has 6 nitrogen and oxygen atoms in total. The number of anilines is 1. The summed E-state index contributed by atoms with van der Waals surface area (Å²) in [5.74, 6) is -1.02. The Hall–Kier alpha value is -1.90. The fourth-order valence-electron chi connectivity index (χ4n) is 3.22. The smallest absolute Gasteiger partial charge is 0.367 e. The number of aromatic amines is 1. The molecule has 0 aliphatic carbocycles. The van der Waals surface area contributed by atoms with Gasteiger partial charge in [0.25, 0.3) is 0 Å². The molecule has 132 valence electrons. The summed E-state index contributed by atoms with van der Waals surface area (Å²) in [4.78, 5) is 16.1. The first-order chi connectivity index (χ1) is 11.5. The van der Waals surface area contributed by atoms with Crippen molar-refractivity contribution in [2.24, 2.45) is 0 Å². The number of nitrogens with one attached hydrogen (secondary N) is 2. The zero-order valence-corrected chi connectivity index (χ0v) is 13.5. The van der Waals surface area contributed by atoms with Crippen LogP contribution in [0.25, 0.3) is 11.2 Å². The number of aromatic nitrogens is 4. The number of H-pyrrole nitrogens is 1. The van der Waals surface area contributed by atoms with E-state index in [-0.39, 0.29) is 11.5 Å². The van der Waals surface area contributed by atoms with Crippen LogP contribution < -0.4 is 5.32 Å². The van der Waals surface area contributed by atoms with Gasteiger partial charge >= 0.3 is 6.18 Å². The molecule has 0 radical (unpaired) electrons. The third-order valence-electron chi connectivity index (χ3n) is 4.45. The quantitative estimate of drug-likeness (QED) is 0.874. The van der Waals surface area contributed by atoms with Gasteiger partial charge in [0, 0.05) is 19.1 Å². The largest absolute Gasteiger partial charge is 0.451 e. The second-order valence-electron chi connectivity index (χ2n) is 6.02. The summed E-state index contributed by atoms with van der Waals surface area (Å²) in [6.07, 6.45) is 1.43. The zero-order valence-electron chi connectivity index (χ0n) is 13.5. The van der Waals surface area contributed by atoms with Crippen LogP contribution in [0.15, 0.2) is 6.33 Å². The highest BCUT2D eigenvalue weighted by atomic mass is 19.4. The maximum atomic E-state index is 12.9. The van der Waals surface area contributed by atoms with Gasteiger partial charge in [-0.2, -0.15) is 13.2 Å². The molecular formula is C15H21F3N6. The zero-order chi connectivity index (χ0) is 17.2. The monoisotopic (exact) mass is 342 g/mol. The standard InChI is InChI=1S/C15H21F3N6/c1-2-10-5-3-4-7-24(10)8-6-19-12-11-13(21-9-20-11)23-14(22-12)15(16,17)18/h9-10H,2-8H2,1H3,(H2,19,20,21,22,23)/t10-/m0/s1. The lowest BCUT2D eigenvalue weighted by atomic mass is 10.0. The van der Waals surface area contributed by atoms with Crippen molar-refractivity contribution >= 4 is 17.0 Å². The average Bonchev–Trinajstić information content (AvgIpc) is 3.03. The Morgan fingerprint density at radius 3 is 2.92 bits per heavy atom. The topological polar surface area (TPSA) is 69.7 Å². The molecule has 9 heteroatoms. The van der Waals surface area contributed by atoms with Gasteiger partial charge in [0.15, 0.2) is 11.5 Å². The molecule has 2 aromatic heterocycles. The number of piperidine rings is 1. The predicted molar refractivity (Wildman–Crippen MR) is 84.7 cm³/mol. The van der Waals surface area contributed by atoms with Gasteiger partial charge in [0.05, 0.1) is 6.33 Å². The Kier molecular flexibility index (Phi) is 4.88. The highest BCUT2D eigenvalue weighted by molar-refractivity contribution is 5.82. The van der Waals surface area contributed by atoms with Crippen molar-refractivity contribution in [3.05, 3.63) is 12.2 Å². The molecule has 0 aromatic carbocycles. The second-order valence-corrected chi connectivity index (χ2v) is 6.02. The summed E-state index contributed by atoms with van der Waals surface area (Å²) in [6, 6.07) is 0.559. The van der Waals surface area contributed by atoms with E-state index < -0.39 is 12.0 Å². The Morgan fingerprint density at radius 2 is 2.17 bits per heavy atom. The summed E-state index contributed by atoms with van der Waals surface area (Å²) < 4.78 is 38.7. The van der Waals surface area contributed by atoms with Crippen molar-refractivity contribution in [1.29, 1.82) is 0 Å². The van der Waals surface area contributed by atoms with Gasteiger partial charge in [0.1, 0.15) is 5.52 Å². The molecule has 2 N–H and O–H groups in total. The number of imidazole rings is 1. The van der Waals surface area contributed by atoms with Crippen LogP contribution in [0.4, 0.5) is 19.0 Å². The van der Waals surface area contributed by atoms with E-state index >= 15 is 0 Å². The van der Waals surface area contributed by atoms with Crippen LogP contribution in [0.2, 0.25) is 0 Å². The molecule has 1 aliphatic heterocycles. The Labute approximate surface area is 137 Å². The lowest BCUT2D eigenvalue weighted by Crippen LogP contribution is -2.41. The molecule has 1 saturated heterocycles. The number of halogens is 3. The minimum atomic E-state index is -4.59. The minimum Gasteiger partial charge on any atom is -0.367 e. The Bertz CT molecular complexity index is 683. The second kappa shape index (κ2) is 6.92. The lowest BCUT2D eigenvalue weighted by Gasteiger charge is -2.35. The predicted octanol–water partition coefficient (Wildman–Crippen LogP) is 3.05. The van der Waals surface area contributed by atoms with Crippen molar-refractivity contribution < 1.29 is 13.2 Å². The van der Waals surface area contributed by atoms with Gasteiger partial charge in [-0.15, -0.1) is 0 Å². The van der Waals surface area contributed by atoms with E-state index in [0.717, 1.165) is 19.5 Å². The third kappa shape index (κ3) is 3.61. The van der Waals surface area contributed by atoms with E-state index in [4.69, 9.17) is 0 Å². The van der Waals surface area contributed by atoms with Crippen LogP contribution in [-0.4, -0.2) is 50.5 Å². The van der Waals surface area contributed by atoms with E-state index in [2.05, 4.69) is 37.1 Å². The molecule has 0 unspecified atom stereocenters. The first-order valence-electron chi connectivity index (χ1n) is 8.25. The van der Waals surface area contributed by atoms with Crippen molar-refractivity contribution in [1.82, 2.24) is 24.8 Å². The van der Waals surface area contributed by atoms with E-state index in [0.29, 0.717) is 18.1 Å². The summed E-state index contributed by atoms with van der Waals surface area (Å²) in [5.41, 5.74) is 0.415. The van der Waals surface area contributed by atoms with Crippen molar-refractivity contribution in [2.75, 3.05) is 25.0 Å². The van der Waals surface area contributed by atoms with Crippen molar-refractivity contribution in [3.8, 4) is 0 Å². The highest BCUT2D eigenvalue weighted by Crippen LogP contribution is 2.29. The summed E-state index contributed by atoms with van der Waals surface area (Å²) in [7, 11) is 0. The van der Waals surface area contributed by atoms with Gasteiger partial charge in [0.2, 0.25) is 5.82 Å². The molecule has 1 fully saturated rings. The van der Waals surface area contributed by atoms with E-state index in [1.807, 2.05) is 0 Å². The van der Waals surface area contributed by atoms with Gasteiger partial charge in [-0.05, 0) is 25.8 Å². The number of nitrogens with zero attached hydrogens (tertiary/aromatic N) is 4. The number of rotatable bonds is 5. The molecule has 0 bridgehead atoms. The maximum Gasteiger partial charge on any atom is 0.451 e. The first kappa shape index (κ1) is 16.9. The number of hydrogen-bond acceptors (Lipinski definition) is 5. The molecular weight excluding hydrogens is 321 g/mol. The normalized spacial score (nSPS) is 19.8. The number of alkyl halides is 3. The van der Waals surface area contributed by atoms with Gasteiger partial charge in [-0.25, -0.2) is 15.0 Å². The van der Waals surface area contributed by atoms with Gasteiger partial charge in [-0.3, -0.25) is 4.90 Å². The van der Waals surface area contributed by atoms with E-state index in [1.54, 1.807) is 0 Å². The van der Waals surface area contributed by atoms with Crippen LogP contribution in [-0.2, 0) is 6.18 Å². The number of hydrogen-bond donors (Lipinski definition) is 2. The molecule has 1 atom stereocenters. The van der Waals surface area contributed by atoms with E-state index in [9.17, 15) is 13.2 Å². The molecule has 2 aromatic rings. The Morgan fingerprint density at radius 1 is 1.33 bits per heavy atom. The van der Waals surface area contributed by atoms with Crippen LogP contribution in [0.5, 0.6) is 0 Å². The number of likely N-dealkylation sites (tertiary alicyclic amines) is 1. The lowest BCUT2D eigenvalue weighted by molar-refractivity contribution is -0.144. The number of fused-ring (bicyclic) bond motifs is 1. The molecule has 3 rings (SSSR count). The van der Waals surface area contributed by atoms with Crippen LogP contribution in [0.1, 0.15) is 38.4 Å². The van der Waals surface area contributed by atoms with Gasteiger partial charge in [-0.1, -0.05) is 13.3 Å². The molecule has 3 heterocycles. The summed E-state index contributed by atoms with van der Waals surface area (Å²) in [6.45, 7) is 4.51. The van der Waals surface area contributed by atoms with Crippen molar-refractivity contribution in [2.45, 2.75) is 44.8 Å². The van der Waals surface area contributed by atoms with Crippen LogP contribution in [0.3, 0.4) is 0 Å². The first-order valence-corrected chi connectivity index (χ1v) is 8.25. The minimum absolute atomic E-state index is 0.0178. The van der Waals surface area contributed by atoms with Crippen molar-refractivity contribution in [3.63, 3.8) is 0 Å². The summed E-state index contributed by atoms with van der Waals surface area (Å²) in [5, 5.41) is 3.01. The SMILES string of the molecule is CC[C@H]1CCCCN1CCNc1nc(C(F)(F)F)nc2nc[nH]c12. The highest BCUT2D eigenvalue weighted by Gasteiger charge is 2.36. The van der Waals surface area contributed by atoms with E-state index in [1.165, 1.54) is 25.6 Å². The maximum absolute atomic E-state index is 12.9. The molecule has 24 heavy (non-hydrogen) atoms. The molecule has 0 spiro atoms. The fourth-order valence-corrected chi connectivity index (χ4v) is 3.22. The molecule has 0 saturated carbocycles. The van der Waals surface area contributed by atoms with Crippen LogP contribution in [0, 0.1) is 0 Å². The van der Waals surface area contributed by atoms with Gasteiger partial charge < -0.3 is 10.3 Å². The third-order valence-corrected chi connectivity index (χ3v) is 4.45. The Balaban J connectivity index is 1.71. The average molecular weight is 342 g/mol. The fraction of sp³-hybridized carbons (Fsp3) is 0.667.